The minimum absolute atomic E-state index is 0.0679. The Bertz CT molecular complexity index is 629. The van der Waals surface area contributed by atoms with Gasteiger partial charge in [0.25, 0.3) is 0 Å². The van der Waals surface area contributed by atoms with E-state index in [1.54, 1.807) is 12.1 Å². The Kier molecular flexibility index (Phi) is 3.88. The fourth-order valence-electron chi connectivity index (χ4n) is 3.29. The largest absolute Gasteiger partial charge is 0.482 e. The number of ketones is 1. The number of carboxylic acid groups (broad SMARTS) is 1. The van der Waals surface area contributed by atoms with Gasteiger partial charge in [-0.3, -0.25) is 9.59 Å². The fourth-order valence-corrected chi connectivity index (χ4v) is 3.29. The Morgan fingerprint density at radius 1 is 1.27 bits per heavy atom. The quantitative estimate of drug-likeness (QED) is 0.839. The molecule has 0 amide bonds. The van der Waals surface area contributed by atoms with E-state index in [4.69, 9.17) is 9.84 Å². The summed E-state index contributed by atoms with van der Waals surface area (Å²) in [6.07, 6.45) is 6.26. The van der Waals surface area contributed by atoms with Gasteiger partial charge < -0.3 is 15.2 Å². The normalized spacial score (nSPS) is 21.3. The van der Waals surface area contributed by atoms with Crippen molar-refractivity contribution in [1.82, 2.24) is 5.32 Å². The summed E-state index contributed by atoms with van der Waals surface area (Å²) >= 11 is 0. The summed E-state index contributed by atoms with van der Waals surface area (Å²) in [5.41, 5.74) is 0.476. The number of para-hydroxylation sites is 1. The molecule has 1 saturated carbocycles. The number of carboxylic acids is 1. The molecule has 1 aromatic rings. The Morgan fingerprint density at radius 2 is 2.00 bits per heavy atom. The first kappa shape index (κ1) is 14.6. The Morgan fingerprint density at radius 3 is 2.73 bits per heavy atom. The average molecular weight is 301 g/mol. The van der Waals surface area contributed by atoms with Crippen molar-refractivity contribution in [3.05, 3.63) is 41.6 Å². The molecule has 0 bridgehead atoms. The summed E-state index contributed by atoms with van der Waals surface area (Å²) in [5.74, 6) is -0.398. The van der Waals surface area contributed by atoms with Crippen LogP contribution in [0.15, 0.2) is 36.0 Å². The molecule has 1 spiro atoms. The second kappa shape index (κ2) is 5.83. The van der Waals surface area contributed by atoms with Gasteiger partial charge in [-0.2, -0.15) is 0 Å². The molecule has 2 N–H and O–H groups in total. The van der Waals surface area contributed by atoms with E-state index in [0.717, 1.165) is 32.1 Å². The number of nitrogens with one attached hydrogen (secondary N) is 1. The van der Waals surface area contributed by atoms with E-state index in [-0.39, 0.29) is 12.3 Å². The summed E-state index contributed by atoms with van der Waals surface area (Å²) < 4.78 is 6.22. The zero-order chi connectivity index (χ0) is 15.6. The van der Waals surface area contributed by atoms with Crippen LogP contribution in [0.5, 0.6) is 5.75 Å². The molecule has 2 aliphatic rings. The summed E-state index contributed by atoms with van der Waals surface area (Å²) in [7, 11) is 0. The van der Waals surface area contributed by atoms with Gasteiger partial charge in [0.15, 0.2) is 5.78 Å². The molecule has 1 aliphatic carbocycles. The van der Waals surface area contributed by atoms with E-state index >= 15 is 0 Å². The van der Waals surface area contributed by atoms with E-state index < -0.39 is 11.6 Å². The molecule has 0 radical (unpaired) electrons. The Balaban J connectivity index is 1.99. The lowest BCUT2D eigenvalue weighted by Crippen LogP contribution is -2.46. The number of hydrogen-bond acceptors (Lipinski definition) is 4. The van der Waals surface area contributed by atoms with Crippen molar-refractivity contribution in [2.45, 2.75) is 37.7 Å². The molecule has 1 aliphatic heterocycles. The van der Waals surface area contributed by atoms with Gasteiger partial charge in [0.05, 0.1) is 11.1 Å². The van der Waals surface area contributed by atoms with Crippen molar-refractivity contribution in [3.8, 4) is 5.75 Å². The van der Waals surface area contributed by atoms with E-state index in [9.17, 15) is 9.59 Å². The first-order chi connectivity index (χ1) is 10.6. The van der Waals surface area contributed by atoms with Gasteiger partial charge in [-0.05, 0) is 37.8 Å². The third-order valence-electron chi connectivity index (χ3n) is 4.33. The number of carbonyl (C=O) groups excluding carboxylic acids is 1. The van der Waals surface area contributed by atoms with E-state index in [1.165, 1.54) is 6.20 Å². The highest BCUT2D eigenvalue weighted by Crippen LogP contribution is 2.44. The number of carbonyl (C=O) groups is 2. The lowest BCUT2D eigenvalue weighted by Gasteiger charge is -2.42. The van der Waals surface area contributed by atoms with Crippen molar-refractivity contribution in [3.63, 3.8) is 0 Å². The monoisotopic (exact) mass is 301 g/mol. The molecule has 1 aromatic carbocycles. The first-order valence-electron chi connectivity index (χ1n) is 7.61. The minimum atomic E-state index is -0.959. The smallest absolute Gasteiger partial charge is 0.322 e. The van der Waals surface area contributed by atoms with Crippen LogP contribution in [0.3, 0.4) is 0 Å². The van der Waals surface area contributed by atoms with Crippen molar-refractivity contribution < 1.29 is 19.4 Å². The predicted octanol–water partition coefficient (Wildman–Crippen LogP) is 2.52. The highest BCUT2D eigenvalue weighted by molar-refractivity contribution is 6.12. The topological polar surface area (TPSA) is 75.6 Å². The predicted molar refractivity (Wildman–Crippen MR) is 80.9 cm³/mol. The van der Waals surface area contributed by atoms with Crippen LogP contribution in [0.2, 0.25) is 0 Å². The molecular formula is C17H19NO4. The molecule has 22 heavy (non-hydrogen) atoms. The van der Waals surface area contributed by atoms with Crippen LogP contribution in [-0.4, -0.2) is 29.0 Å². The van der Waals surface area contributed by atoms with Crippen LogP contribution >= 0.6 is 0 Å². The number of aliphatic carboxylic acids is 1. The van der Waals surface area contributed by atoms with E-state index in [0.29, 0.717) is 16.9 Å². The zero-order valence-electron chi connectivity index (χ0n) is 12.3. The molecule has 0 atom stereocenters. The number of hydrogen-bond donors (Lipinski definition) is 2. The number of Topliss-reactive ketones (excluding diaryl/α,β-unsaturated/α-hetero) is 1. The van der Waals surface area contributed by atoms with Crippen LogP contribution in [0.1, 0.15) is 42.5 Å². The number of fused-ring (bicyclic) bond motifs is 1. The zero-order valence-corrected chi connectivity index (χ0v) is 12.3. The second-order valence-corrected chi connectivity index (χ2v) is 5.81. The van der Waals surface area contributed by atoms with Gasteiger partial charge in [0, 0.05) is 6.20 Å². The molecule has 1 heterocycles. The van der Waals surface area contributed by atoms with Crippen LogP contribution in [0.4, 0.5) is 0 Å². The maximum absolute atomic E-state index is 12.8. The minimum Gasteiger partial charge on any atom is -0.482 e. The molecule has 0 unspecified atom stereocenters. The molecular weight excluding hydrogens is 282 g/mol. The van der Waals surface area contributed by atoms with Crippen LogP contribution in [0.25, 0.3) is 0 Å². The molecule has 0 saturated heterocycles. The Hall–Kier alpha value is -2.30. The third kappa shape index (κ3) is 2.58. The summed E-state index contributed by atoms with van der Waals surface area (Å²) in [6.45, 7) is -0.214. The number of benzene rings is 1. The highest BCUT2D eigenvalue weighted by Gasteiger charge is 2.45. The first-order valence-corrected chi connectivity index (χ1v) is 7.61. The Labute approximate surface area is 129 Å². The van der Waals surface area contributed by atoms with Crippen molar-refractivity contribution in [2.75, 3.05) is 6.54 Å². The van der Waals surface area contributed by atoms with Gasteiger partial charge in [0.2, 0.25) is 0 Å². The fraction of sp³-hybridized carbons (Fsp3) is 0.412. The van der Waals surface area contributed by atoms with Crippen molar-refractivity contribution >= 4 is 11.8 Å². The maximum atomic E-state index is 12.8. The van der Waals surface area contributed by atoms with Crippen molar-refractivity contribution in [2.24, 2.45) is 0 Å². The third-order valence-corrected chi connectivity index (χ3v) is 4.33. The SMILES string of the molecule is O=C(O)CN/C=C1\C(=O)c2ccccc2OC12CCCCC2. The van der Waals surface area contributed by atoms with Gasteiger partial charge >= 0.3 is 5.97 Å². The summed E-state index contributed by atoms with van der Waals surface area (Å²) in [4.78, 5) is 23.5. The molecule has 3 rings (SSSR count). The molecule has 5 nitrogen and oxygen atoms in total. The van der Waals surface area contributed by atoms with E-state index in [2.05, 4.69) is 5.32 Å². The summed E-state index contributed by atoms with van der Waals surface area (Å²) in [6, 6.07) is 7.24. The summed E-state index contributed by atoms with van der Waals surface area (Å²) in [5, 5.41) is 11.5. The maximum Gasteiger partial charge on any atom is 0.322 e. The van der Waals surface area contributed by atoms with Crippen LogP contribution < -0.4 is 10.1 Å². The lowest BCUT2D eigenvalue weighted by atomic mass is 9.75. The standard InChI is InChI=1S/C17H19NO4/c19-15(20)11-18-10-13-16(21)12-6-2-3-7-14(12)22-17(13)8-4-1-5-9-17/h2-3,6-7,10,18H,1,4-5,8-9,11H2,(H,19,20)/b13-10+. The molecule has 1 fully saturated rings. The number of rotatable bonds is 3. The molecule has 5 heteroatoms. The number of ether oxygens (including phenoxy) is 1. The lowest BCUT2D eigenvalue weighted by molar-refractivity contribution is -0.135. The average Bonchev–Trinajstić information content (AvgIpc) is 2.51. The van der Waals surface area contributed by atoms with E-state index in [1.807, 2.05) is 12.1 Å². The van der Waals surface area contributed by atoms with Gasteiger partial charge in [-0.15, -0.1) is 0 Å². The van der Waals surface area contributed by atoms with Crippen LogP contribution in [0, 0.1) is 0 Å². The molecule has 0 aromatic heterocycles. The van der Waals surface area contributed by atoms with Crippen LogP contribution in [-0.2, 0) is 4.79 Å². The second-order valence-electron chi connectivity index (χ2n) is 5.81. The van der Waals surface area contributed by atoms with Gasteiger partial charge in [-0.25, -0.2) is 0 Å². The highest BCUT2D eigenvalue weighted by atomic mass is 16.5. The van der Waals surface area contributed by atoms with Gasteiger partial charge in [0.1, 0.15) is 17.9 Å². The van der Waals surface area contributed by atoms with Gasteiger partial charge in [-0.1, -0.05) is 18.6 Å². The van der Waals surface area contributed by atoms with Crippen molar-refractivity contribution in [1.29, 1.82) is 0 Å². The molecule has 116 valence electrons.